The molecule has 1 aliphatic carbocycles. The van der Waals surface area contributed by atoms with Gasteiger partial charge in [0.05, 0.1) is 25.6 Å². The summed E-state index contributed by atoms with van der Waals surface area (Å²) in [5, 5.41) is 27.3. The fraction of sp³-hybridized carbons (Fsp3) is 0.610. The molecule has 16 N–H and O–H groups in total. The number of nitrogens with one attached hydrogen (secondary N) is 7. The topological polar surface area (TPSA) is 382 Å². The van der Waals surface area contributed by atoms with E-state index in [1.807, 2.05) is 0 Å². The number of nitrogens with zero attached hydrogens (tertiary/aromatic N) is 1. The Morgan fingerprint density at radius 2 is 1.34 bits per heavy atom. The van der Waals surface area contributed by atoms with Gasteiger partial charge in [0.25, 0.3) is 0 Å². The quantitative estimate of drug-likeness (QED) is 0.0399. The first-order valence-electron chi connectivity index (χ1n) is 21.2. The Balaban J connectivity index is 2.23. The third kappa shape index (κ3) is 18.5. The van der Waals surface area contributed by atoms with E-state index in [2.05, 4.69) is 37.2 Å². The van der Waals surface area contributed by atoms with Crippen molar-refractivity contribution in [3.8, 4) is 5.75 Å². The molecule has 1 fully saturated rings. The molecule has 7 atom stereocenters. The van der Waals surface area contributed by atoms with E-state index in [1.165, 1.54) is 26.2 Å². The largest absolute Gasteiger partial charge is 0.508 e. The van der Waals surface area contributed by atoms with Gasteiger partial charge >= 0.3 is 0 Å². The summed E-state index contributed by atoms with van der Waals surface area (Å²) in [5.74, 6) is -8.99. The molecular formula is C41H66N12O11. The van der Waals surface area contributed by atoms with E-state index in [-0.39, 0.29) is 31.1 Å². The van der Waals surface area contributed by atoms with Crippen molar-refractivity contribution in [1.82, 2.24) is 42.1 Å². The molecule has 0 aromatic heterocycles. The van der Waals surface area contributed by atoms with Crippen LogP contribution in [0.5, 0.6) is 5.75 Å². The van der Waals surface area contributed by atoms with E-state index in [4.69, 9.17) is 22.9 Å². The number of amides is 10. The Bertz CT molecular complexity index is 1810. The number of carbonyl (C=O) groups is 10. The number of aromatic hydroxyl groups is 1. The Morgan fingerprint density at radius 3 is 1.91 bits per heavy atom. The van der Waals surface area contributed by atoms with Gasteiger partial charge < -0.3 is 70.2 Å². The standard InChI is InChI=1S/C41H66N12O11/c1-5-22(2)34(52-36(59)26(42)17-23-11-13-25(54)14-12-23)40(63)48-27(15-16-30(43)55)37(60)49-28(18-31(44)56)38(61)50-29(19-46-3)41(64)53(4)21-33(58)51-35(24-9-7-6-8-10-24)39(62)47-20-32(45)57/h11-14,22,24,26-29,34-35,46,54H,5-10,15-21,42H2,1-4H3,(H2,43,55)(H2,44,56)(H2,45,57)(H,47,62)(H,48,63)(H,49,60)(H,50,61)(H,51,58)(H,52,59)/t22-,26-,27-,28-,29-,34-,35-/m0/s1. The first-order valence-corrected chi connectivity index (χ1v) is 21.2. The highest BCUT2D eigenvalue weighted by atomic mass is 16.3. The summed E-state index contributed by atoms with van der Waals surface area (Å²) in [5.41, 5.74) is 22.7. The molecule has 23 nitrogen and oxygen atoms in total. The molecule has 1 aromatic rings. The van der Waals surface area contributed by atoms with E-state index < -0.39 is 127 Å². The van der Waals surface area contributed by atoms with Crippen LogP contribution in [-0.2, 0) is 54.4 Å². The number of likely N-dealkylation sites (N-methyl/N-ethyl adjacent to an activating group) is 2. The zero-order chi connectivity index (χ0) is 48.1. The van der Waals surface area contributed by atoms with Gasteiger partial charge in [0, 0.05) is 20.0 Å². The number of benzene rings is 1. The minimum Gasteiger partial charge on any atom is -0.508 e. The van der Waals surface area contributed by atoms with E-state index in [1.54, 1.807) is 26.0 Å². The summed E-state index contributed by atoms with van der Waals surface area (Å²) in [4.78, 5) is 131. The van der Waals surface area contributed by atoms with Gasteiger partial charge in [0.15, 0.2) is 0 Å². The molecule has 0 heterocycles. The highest BCUT2D eigenvalue weighted by molar-refractivity contribution is 5.98. The maximum absolute atomic E-state index is 13.8. The van der Waals surface area contributed by atoms with Crippen LogP contribution in [0.4, 0.5) is 0 Å². The van der Waals surface area contributed by atoms with Crippen LogP contribution in [0, 0.1) is 11.8 Å². The SMILES string of the molecule is CC[C@H](C)[C@H](NC(=O)[C@@H](N)Cc1ccc(O)cc1)C(=O)N[C@@H](CCC(N)=O)C(=O)N[C@@H](CC(N)=O)C(=O)N[C@@H](CNC)C(=O)N(C)CC(=O)N[C@H](C(=O)NCC(N)=O)C1CCCCC1. The van der Waals surface area contributed by atoms with Gasteiger partial charge in [0.2, 0.25) is 59.1 Å². The Labute approximate surface area is 372 Å². The van der Waals surface area contributed by atoms with E-state index >= 15 is 0 Å². The predicted octanol–water partition coefficient (Wildman–Crippen LogP) is -4.27. The zero-order valence-electron chi connectivity index (χ0n) is 36.9. The molecule has 1 saturated carbocycles. The van der Waals surface area contributed by atoms with Gasteiger partial charge in [-0.05, 0) is 62.3 Å². The number of carbonyl (C=O) groups excluding carboxylic acids is 10. The normalized spacial score (nSPS) is 15.9. The summed E-state index contributed by atoms with van der Waals surface area (Å²) in [7, 11) is 2.76. The summed E-state index contributed by atoms with van der Waals surface area (Å²) < 4.78 is 0. The molecule has 0 bridgehead atoms. The smallest absolute Gasteiger partial charge is 0.246 e. The van der Waals surface area contributed by atoms with Crippen molar-refractivity contribution in [1.29, 1.82) is 0 Å². The third-order valence-electron chi connectivity index (χ3n) is 10.8. The molecule has 0 saturated heterocycles. The van der Waals surface area contributed by atoms with Crippen molar-refractivity contribution in [2.75, 3.05) is 33.7 Å². The molecule has 1 aliphatic rings. The lowest BCUT2D eigenvalue weighted by Gasteiger charge is -2.31. The van der Waals surface area contributed by atoms with Gasteiger partial charge in [-0.15, -0.1) is 0 Å². The molecule has 64 heavy (non-hydrogen) atoms. The average molecular weight is 903 g/mol. The average Bonchev–Trinajstić information content (AvgIpc) is 3.24. The molecule has 0 radical (unpaired) electrons. The molecule has 0 aliphatic heterocycles. The molecule has 1 aromatic carbocycles. The van der Waals surface area contributed by atoms with Crippen LogP contribution in [-0.4, -0.2) is 139 Å². The second-order valence-electron chi connectivity index (χ2n) is 16.1. The molecule has 10 amide bonds. The first-order chi connectivity index (χ1) is 30.2. The number of phenolic OH excluding ortho intramolecular Hbond substituents is 1. The van der Waals surface area contributed by atoms with Crippen LogP contribution < -0.4 is 60.2 Å². The van der Waals surface area contributed by atoms with Crippen molar-refractivity contribution < 1.29 is 53.1 Å². The van der Waals surface area contributed by atoms with Crippen LogP contribution in [0.2, 0.25) is 0 Å². The number of hydrogen-bond donors (Lipinski definition) is 12. The van der Waals surface area contributed by atoms with E-state index in [0.717, 1.165) is 24.2 Å². The van der Waals surface area contributed by atoms with Crippen LogP contribution in [0.1, 0.15) is 77.2 Å². The molecule has 0 spiro atoms. The summed E-state index contributed by atoms with van der Waals surface area (Å²) in [6.07, 6.45) is 2.88. The summed E-state index contributed by atoms with van der Waals surface area (Å²) in [6.45, 7) is 2.27. The lowest BCUT2D eigenvalue weighted by atomic mass is 9.83. The molecule has 2 rings (SSSR count). The minimum atomic E-state index is -1.71. The fourth-order valence-corrected chi connectivity index (χ4v) is 7.04. The predicted molar refractivity (Wildman–Crippen MR) is 231 cm³/mol. The minimum absolute atomic E-state index is 0.0239. The van der Waals surface area contributed by atoms with Gasteiger partial charge in [-0.1, -0.05) is 51.7 Å². The maximum Gasteiger partial charge on any atom is 0.246 e. The lowest BCUT2D eigenvalue weighted by molar-refractivity contribution is -0.140. The van der Waals surface area contributed by atoms with Crippen molar-refractivity contribution in [3.05, 3.63) is 29.8 Å². The van der Waals surface area contributed by atoms with Crippen molar-refractivity contribution in [2.45, 2.75) is 114 Å². The number of rotatable bonds is 27. The van der Waals surface area contributed by atoms with Crippen LogP contribution >= 0.6 is 0 Å². The second-order valence-corrected chi connectivity index (χ2v) is 16.1. The van der Waals surface area contributed by atoms with E-state index in [9.17, 15) is 53.1 Å². The fourth-order valence-electron chi connectivity index (χ4n) is 7.04. The van der Waals surface area contributed by atoms with Crippen LogP contribution in [0.3, 0.4) is 0 Å². The Kier molecular flexibility index (Phi) is 22.7. The number of hydrogen-bond acceptors (Lipinski definition) is 13. The molecule has 356 valence electrons. The molecule has 0 unspecified atom stereocenters. The first kappa shape index (κ1) is 53.8. The van der Waals surface area contributed by atoms with Gasteiger partial charge in [-0.2, -0.15) is 0 Å². The Morgan fingerprint density at radius 1 is 0.750 bits per heavy atom. The zero-order valence-corrected chi connectivity index (χ0v) is 36.9. The third-order valence-corrected chi connectivity index (χ3v) is 10.8. The van der Waals surface area contributed by atoms with Crippen LogP contribution in [0.25, 0.3) is 0 Å². The highest BCUT2D eigenvalue weighted by Gasteiger charge is 2.36. The van der Waals surface area contributed by atoms with Gasteiger partial charge in [0.1, 0.15) is 36.0 Å². The van der Waals surface area contributed by atoms with Gasteiger partial charge in [-0.3, -0.25) is 47.9 Å². The number of nitrogens with two attached hydrogens (primary N) is 4. The highest BCUT2D eigenvalue weighted by Crippen LogP contribution is 2.26. The van der Waals surface area contributed by atoms with Crippen molar-refractivity contribution >= 4 is 59.1 Å². The monoisotopic (exact) mass is 902 g/mol. The van der Waals surface area contributed by atoms with Crippen LogP contribution in [0.15, 0.2) is 24.3 Å². The molecule has 23 heteroatoms. The van der Waals surface area contributed by atoms with E-state index in [0.29, 0.717) is 24.8 Å². The summed E-state index contributed by atoms with van der Waals surface area (Å²) >= 11 is 0. The lowest BCUT2D eigenvalue weighted by Crippen LogP contribution is -2.61. The van der Waals surface area contributed by atoms with Crippen molar-refractivity contribution in [2.24, 2.45) is 34.8 Å². The number of primary amides is 3. The Hall–Kier alpha value is -6.36. The van der Waals surface area contributed by atoms with Crippen molar-refractivity contribution in [3.63, 3.8) is 0 Å². The maximum atomic E-state index is 13.8. The second kappa shape index (κ2) is 27.0. The van der Waals surface area contributed by atoms with Gasteiger partial charge in [-0.25, -0.2) is 0 Å². The number of phenols is 1. The summed E-state index contributed by atoms with van der Waals surface area (Å²) in [6, 6.07) is -1.91. The molecular weight excluding hydrogens is 837 g/mol.